The average Bonchev–Trinajstić information content (AvgIpc) is 2.33. The third-order valence-corrected chi connectivity index (χ3v) is 4.77. The van der Waals surface area contributed by atoms with Crippen molar-refractivity contribution in [3.05, 3.63) is 26.8 Å². The van der Waals surface area contributed by atoms with Gasteiger partial charge in [0.25, 0.3) is 0 Å². The van der Waals surface area contributed by atoms with E-state index in [4.69, 9.17) is 11.6 Å². The Bertz CT molecular complexity index is 403. The SMILES string of the molecule is CC(Nc1ccc(I)cc1Cl)C1CCN(C)CC1. The van der Waals surface area contributed by atoms with Gasteiger partial charge in [-0.2, -0.15) is 0 Å². The first-order chi connectivity index (χ1) is 8.56. The molecule has 1 aliphatic heterocycles. The lowest BCUT2D eigenvalue weighted by molar-refractivity contribution is 0.208. The predicted molar refractivity (Wildman–Crippen MR) is 87.5 cm³/mol. The number of benzene rings is 1. The number of piperidine rings is 1. The molecule has 0 amide bonds. The van der Waals surface area contributed by atoms with Crippen molar-refractivity contribution < 1.29 is 0 Å². The lowest BCUT2D eigenvalue weighted by Crippen LogP contribution is -2.37. The van der Waals surface area contributed by atoms with Gasteiger partial charge in [0.15, 0.2) is 0 Å². The molecule has 0 aromatic heterocycles. The molecule has 1 N–H and O–H groups in total. The monoisotopic (exact) mass is 378 g/mol. The quantitative estimate of drug-likeness (QED) is 0.797. The minimum atomic E-state index is 0.483. The number of rotatable bonds is 3. The van der Waals surface area contributed by atoms with E-state index < -0.39 is 0 Å². The van der Waals surface area contributed by atoms with Gasteiger partial charge in [-0.3, -0.25) is 0 Å². The van der Waals surface area contributed by atoms with Crippen molar-refractivity contribution in [3.63, 3.8) is 0 Å². The number of halogens is 2. The topological polar surface area (TPSA) is 15.3 Å². The number of hydrogen-bond acceptors (Lipinski definition) is 2. The van der Waals surface area contributed by atoms with Gasteiger partial charge in [0, 0.05) is 9.61 Å². The van der Waals surface area contributed by atoms with E-state index in [1.165, 1.54) is 29.5 Å². The summed E-state index contributed by atoms with van der Waals surface area (Å²) < 4.78 is 1.18. The van der Waals surface area contributed by atoms with Crippen LogP contribution in [-0.2, 0) is 0 Å². The van der Waals surface area contributed by atoms with Crippen molar-refractivity contribution in [2.24, 2.45) is 5.92 Å². The van der Waals surface area contributed by atoms with E-state index in [-0.39, 0.29) is 0 Å². The molecule has 0 saturated carbocycles. The zero-order chi connectivity index (χ0) is 13.1. The van der Waals surface area contributed by atoms with Crippen LogP contribution in [0.25, 0.3) is 0 Å². The molecule has 1 aromatic rings. The molecule has 1 saturated heterocycles. The third kappa shape index (κ3) is 3.75. The van der Waals surface area contributed by atoms with E-state index in [0.29, 0.717) is 6.04 Å². The van der Waals surface area contributed by atoms with Gasteiger partial charge in [0.1, 0.15) is 0 Å². The first-order valence-corrected chi connectivity index (χ1v) is 7.92. The summed E-state index contributed by atoms with van der Waals surface area (Å²) in [6.45, 7) is 4.68. The van der Waals surface area contributed by atoms with Crippen molar-refractivity contribution in [2.45, 2.75) is 25.8 Å². The fourth-order valence-corrected chi connectivity index (χ4v) is 3.41. The van der Waals surface area contributed by atoms with Gasteiger partial charge in [-0.25, -0.2) is 0 Å². The smallest absolute Gasteiger partial charge is 0.0648 e. The molecule has 2 nitrogen and oxygen atoms in total. The Labute approximate surface area is 128 Å². The van der Waals surface area contributed by atoms with Gasteiger partial charge < -0.3 is 10.2 Å². The van der Waals surface area contributed by atoms with E-state index in [2.05, 4.69) is 58.9 Å². The predicted octanol–water partition coefficient (Wildman–Crippen LogP) is 4.09. The second kappa shape index (κ2) is 6.44. The van der Waals surface area contributed by atoms with Gasteiger partial charge in [-0.05, 0) is 86.6 Å². The lowest BCUT2D eigenvalue weighted by Gasteiger charge is -2.33. The summed E-state index contributed by atoms with van der Waals surface area (Å²) >= 11 is 8.54. The van der Waals surface area contributed by atoms with Crippen molar-refractivity contribution in [1.29, 1.82) is 0 Å². The molecule has 1 unspecified atom stereocenters. The highest BCUT2D eigenvalue weighted by atomic mass is 127. The Morgan fingerprint density at radius 2 is 2.06 bits per heavy atom. The Hall–Kier alpha value is -0.000000000000000132. The van der Waals surface area contributed by atoms with E-state index >= 15 is 0 Å². The summed E-state index contributed by atoms with van der Waals surface area (Å²) in [6.07, 6.45) is 2.54. The van der Waals surface area contributed by atoms with Crippen LogP contribution in [0, 0.1) is 9.49 Å². The first-order valence-electron chi connectivity index (χ1n) is 6.46. The normalized spacial score (nSPS) is 19.8. The molecule has 0 spiro atoms. The molecule has 1 aromatic carbocycles. The van der Waals surface area contributed by atoms with E-state index in [1.807, 2.05) is 6.07 Å². The van der Waals surface area contributed by atoms with Crippen LogP contribution in [0.1, 0.15) is 19.8 Å². The Balaban J connectivity index is 1.96. The summed E-state index contributed by atoms with van der Waals surface area (Å²) in [5, 5.41) is 4.39. The number of anilines is 1. The molecular weight excluding hydrogens is 359 g/mol. The molecule has 1 heterocycles. The Morgan fingerprint density at radius 1 is 1.39 bits per heavy atom. The van der Waals surface area contributed by atoms with Crippen LogP contribution in [-0.4, -0.2) is 31.1 Å². The fourth-order valence-electron chi connectivity index (χ4n) is 2.50. The zero-order valence-corrected chi connectivity index (χ0v) is 13.8. The number of nitrogens with zero attached hydrogens (tertiary/aromatic N) is 1. The van der Waals surface area contributed by atoms with Gasteiger partial charge in [-0.15, -0.1) is 0 Å². The molecule has 1 fully saturated rings. The van der Waals surface area contributed by atoms with Crippen LogP contribution in [0.15, 0.2) is 18.2 Å². The number of hydrogen-bond donors (Lipinski definition) is 1. The summed E-state index contributed by atoms with van der Waals surface area (Å²) in [6, 6.07) is 6.66. The molecule has 4 heteroatoms. The highest BCUT2D eigenvalue weighted by Crippen LogP contribution is 2.27. The minimum absolute atomic E-state index is 0.483. The van der Waals surface area contributed by atoms with E-state index in [0.717, 1.165) is 16.6 Å². The van der Waals surface area contributed by atoms with E-state index in [9.17, 15) is 0 Å². The van der Waals surface area contributed by atoms with Crippen LogP contribution in [0.5, 0.6) is 0 Å². The maximum Gasteiger partial charge on any atom is 0.0648 e. The summed E-state index contributed by atoms with van der Waals surface area (Å²) in [5.74, 6) is 0.747. The van der Waals surface area contributed by atoms with Crippen LogP contribution < -0.4 is 5.32 Å². The third-order valence-electron chi connectivity index (χ3n) is 3.78. The maximum atomic E-state index is 6.26. The molecule has 0 aliphatic carbocycles. The minimum Gasteiger partial charge on any atom is -0.381 e. The van der Waals surface area contributed by atoms with E-state index in [1.54, 1.807) is 0 Å². The van der Waals surface area contributed by atoms with Gasteiger partial charge in [-0.1, -0.05) is 11.6 Å². The Kier molecular flexibility index (Phi) is 5.15. The fraction of sp³-hybridized carbons (Fsp3) is 0.571. The highest BCUT2D eigenvalue weighted by molar-refractivity contribution is 14.1. The van der Waals surface area contributed by atoms with Gasteiger partial charge >= 0.3 is 0 Å². The number of likely N-dealkylation sites (tertiary alicyclic amines) is 1. The molecular formula is C14H20ClIN2. The van der Waals surface area contributed by atoms with Crippen LogP contribution in [0.3, 0.4) is 0 Å². The molecule has 2 rings (SSSR count). The van der Waals surface area contributed by atoms with Gasteiger partial charge in [0.2, 0.25) is 0 Å². The maximum absolute atomic E-state index is 6.26. The average molecular weight is 379 g/mol. The van der Waals surface area contributed by atoms with Crippen molar-refractivity contribution >= 4 is 39.9 Å². The largest absolute Gasteiger partial charge is 0.381 e. The standard InChI is InChI=1S/C14H20ClIN2/c1-10(11-5-7-18(2)8-6-11)17-14-4-3-12(16)9-13(14)15/h3-4,9-11,17H,5-8H2,1-2H3. The summed E-state index contributed by atoms with van der Waals surface area (Å²) in [4.78, 5) is 2.40. The highest BCUT2D eigenvalue weighted by Gasteiger charge is 2.22. The first kappa shape index (κ1) is 14.4. The lowest BCUT2D eigenvalue weighted by atomic mass is 9.90. The van der Waals surface area contributed by atoms with Crippen LogP contribution >= 0.6 is 34.2 Å². The zero-order valence-electron chi connectivity index (χ0n) is 10.9. The number of nitrogens with one attached hydrogen (secondary N) is 1. The Morgan fingerprint density at radius 3 is 2.67 bits per heavy atom. The second-order valence-electron chi connectivity index (χ2n) is 5.20. The molecule has 0 bridgehead atoms. The van der Waals surface area contributed by atoms with Gasteiger partial charge in [0.05, 0.1) is 10.7 Å². The van der Waals surface area contributed by atoms with Crippen molar-refractivity contribution in [2.75, 3.05) is 25.5 Å². The second-order valence-corrected chi connectivity index (χ2v) is 6.85. The molecule has 100 valence electrons. The summed E-state index contributed by atoms with van der Waals surface area (Å²) in [7, 11) is 2.20. The summed E-state index contributed by atoms with van der Waals surface area (Å²) in [5.41, 5.74) is 1.06. The van der Waals surface area contributed by atoms with Crippen molar-refractivity contribution in [1.82, 2.24) is 4.90 Å². The van der Waals surface area contributed by atoms with Crippen LogP contribution in [0.2, 0.25) is 5.02 Å². The molecule has 0 radical (unpaired) electrons. The van der Waals surface area contributed by atoms with Crippen LogP contribution in [0.4, 0.5) is 5.69 Å². The molecule has 1 atom stereocenters. The molecule has 18 heavy (non-hydrogen) atoms. The molecule has 1 aliphatic rings. The van der Waals surface area contributed by atoms with Crippen molar-refractivity contribution in [3.8, 4) is 0 Å².